The number of aromatic hydroxyl groups is 1. The maximum absolute atomic E-state index is 11.2. The van der Waals surface area contributed by atoms with E-state index in [1.165, 1.54) is 0 Å². The lowest BCUT2D eigenvalue weighted by atomic mass is 9.94. The van der Waals surface area contributed by atoms with Gasteiger partial charge in [0.2, 0.25) is 0 Å². The fraction of sp³-hybridized carbons (Fsp3) is 0.200. The zero-order chi connectivity index (χ0) is 23.7. The molecule has 0 bridgehead atoms. The Morgan fingerprint density at radius 3 is 2.39 bits per heavy atom. The molecule has 0 aliphatic carbocycles. The lowest BCUT2D eigenvalue weighted by Crippen LogP contribution is -2.16. The van der Waals surface area contributed by atoms with Gasteiger partial charge in [0.15, 0.2) is 11.5 Å². The summed E-state index contributed by atoms with van der Waals surface area (Å²) in [5.74, 6) is 1.61. The zero-order valence-corrected chi connectivity index (χ0v) is 20.1. The number of nitrogens with zero attached hydrogens (tertiary/aromatic N) is 2. The number of fused-ring (bicyclic) bond motifs is 1. The van der Waals surface area contributed by atoms with Crippen LogP contribution in [0, 0.1) is 13.8 Å². The second kappa shape index (κ2) is 9.33. The predicted molar refractivity (Wildman–Crippen MR) is 132 cm³/mol. The molecule has 2 heterocycles. The van der Waals surface area contributed by atoms with E-state index in [1.807, 2.05) is 43.3 Å². The van der Waals surface area contributed by atoms with E-state index in [0.29, 0.717) is 44.1 Å². The Bertz CT molecular complexity index is 1340. The first-order valence-electron chi connectivity index (χ1n) is 10.2. The van der Waals surface area contributed by atoms with Crippen LogP contribution in [-0.2, 0) is 0 Å². The van der Waals surface area contributed by atoms with E-state index in [9.17, 15) is 5.11 Å². The summed E-state index contributed by atoms with van der Waals surface area (Å²) in [7, 11) is 3.17. The summed E-state index contributed by atoms with van der Waals surface area (Å²) >= 11 is 12.7. The molecule has 2 aromatic carbocycles. The molecule has 4 rings (SSSR count). The van der Waals surface area contributed by atoms with E-state index in [0.717, 1.165) is 16.5 Å². The molecule has 1 unspecified atom stereocenters. The highest BCUT2D eigenvalue weighted by atomic mass is 35.5. The number of ether oxygens (including phenoxy) is 2. The first-order chi connectivity index (χ1) is 15.8. The fourth-order valence-electron chi connectivity index (χ4n) is 3.87. The van der Waals surface area contributed by atoms with Crippen molar-refractivity contribution in [2.75, 3.05) is 19.5 Å². The van der Waals surface area contributed by atoms with Crippen molar-refractivity contribution in [2.24, 2.45) is 0 Å². The van der Waals surface area contributed by atoms with Crippen LogP contribution in [0.1, 0.15) is 28.4 Å². The van der Waals surface area contributed by atoms with Crippen LogP contribution < -0.4 is 14.8 Å². The van der Waals surface area contributed by atoms with Crippen LogP contribution in [-0.4, -0.2) is 29.3 Å². The van der Waals surface area contributed by atoms with Gasteiger partial charge in [-0.2, -0.15) is 0 Å². The second-order valence-corrected chi connectivity index (χ2v) is 8.39. The summed E-state index contributed by atoms with van der Waals surface area (Å²) in [4.78, 5) is 8.89. The summed E-state index contributed by atoms with van der Waals surface area (Å²) in [6.45, 7) is 3.73. The van der Waals surface area contributed by atoms with Crippen LogP contribution in [0.25, 0.3) is 10.9 Å². The van der Waals surface area contributed by atoms with Crippen molar-refractivity contribution < 1.29 is 14.6 Å². The van der Waals surface area contributed by atoms with Gasteiger partial charge in [0.1, 0.15) is 17.1 Å². The molecule has 0 saturated heterocycles. The molecule has 0 fully saturated rings. The van der Waals surface area contributed by atoms with Gasteiger partial charge in [0.05, 0.1) is 36.0 Å². The lowest BCUT2D eigenvalue weighted by Gasteiger charge is -2.25. The van der Waals surface area contributed by atoms with Gasteiger partial charge in [0, 0.05) is 22.7 Å². The smallest absolute Gasteiger partial charge is 0.166 e. The van der Waals surface area contributed by atoms with E-state index in [2.05, 4.69) is 15.3 Å². The normalized spacial score (nSPS) is 11.9. The zero-order valence-electron chi connectivity index (χ0n) is 18.6. The number of anilines is 1. The van der Waals surface area contributed by atoms with Crippen LogP contribution in [0.15, 0.2) is 48.7 Å². The van der Waals surface area contributed by atoms with Gasteiger partial charge in [-0.1, -0.05) is 53.5 Å². The molecule has 2 N–H and O–H groups in total. The molecule has 8 heteroatoms. The van der Waals surface area contributed by atoms with Crippen molar-refractivity contribution in [3.63, 3.8) is 0 Å². The van der Waals surface area contributed by atoms with Gasteiger partial charge in [-0.3, -0.25) is 4.98 Å². The number of rotatable bonds is 6. The van der Waals surface area contributed by atoms with Crippen LogP contribution >= 0.6 is 23.2 Å². The van der Waals surface area contributed by atoms with E-state index in [-0.39, 0.29) is 5.75 Å². The van der Waals surface area contributed by atoms with Crippen LogP contribution in [0.3, 0.4) is 0 Å². The molecule has 4 aromatic rings. The Hall–Kier alpha value is -3.22. The molecule has 2 aromatic heterocycles. The number of aromatic nitrogens is 2. The van der Waals surface area contributed by atoms with Crippen molar-refractivity contribution >= 4 is 39.9 Å². The van der Waals surface area contributed by atoms with Gasteiger partial charge < -0.3 is 19.9 Å². The number of benzene rings is 2. The number of aryl methyl sites for hydroxylation is 2. The summed E-state index contributed by atoms with van der Waals surface area (Å²) in [6, 6.07) is 12.4. The third kappa shape index (κ3) is 4.24. The van der Waals surface area contributed by atoms with Crippen molar-refractivity contribution in [2.45, 2.75) is 19.9 Å². The maximum atomic E-state index is 11.2. The fourth-order valence-corrected chi connectivity index (χ4v) is 4.28. The molecule has 0 radical (unpaired) electrons. The largest absolute Gasteiger partial charge is 0.505 e. The van der Waals surface area contributed by atoms with Gasteiger partial charge in [-0.25, -0.2) is 4.98 Å². The van der Waals surface area contributed by atoms with Crippen molar-refractivity contribution in [1.29, 1.82) is 0 Å². The minimum Gasteiger partial charge on any atom is -0.505 e. The Morgan fingerprint density at radius 2 is 1.67 bits per heavy atom. The highest BCUT2D eigenvalue weighted by molar-refractivity contribution is 6.36. The Morgan fingerprint density at radius 1 is 0.939 bits per heavy atom. The number of methoxy groups -OCH3 is 2. The standard InChI is InChI=1S/C25H23Cl2N3O3/c1-13-7-9-17(24(33-4)23(13)32-3)21(30-25-19(27)12-18(26)14(2)29-25)16-10-8-15-6-5-11-28-20(15)22(16)31/h5-12,21,31H,1-4H3,(H,29,30). The van der Waals surface area contributed by atoms with Gasteiger partial charge in [-0.15, -0.1) is 0 Å². The molecule has 33 heavy (non-hydrogen) atoms. The molecule has 0 spiro atoms. The Balaban J connectivity index is 1.97. The third-order valence-corrected chi connectivity index (χ3v) is 6.21. The molecule has 0 saturated carbocycles. The van der Waals surface area contributed by atoms with Gasteiger partial charge in [0.25, 0.3) is 0 Å². The minimum absolute atomic E-state index is 0.0500. The molecule has 0 amide bonds. The van der Waals surface area contributed by atoms with E-state index >= 15 is 0 Å². The third-order valence-electron chi connectivity index (χ3n) is 5.53. The summed E-state index contributed by atoms with van der Waals surface area (Å²) in [5, 5.41) is 16.2. The predicted octanol–water partition coefficient (Wildman–Crippen LogP) is 6.48. The highest BCUT2D eigenvalue weighted by Gasteiger charge is 2.27. The lowest BCUT2D eigenvalue weighted by molar-refractivity contribution is 0.349. The highest BCUT2D eigenvalue weighted by Crippen LogP contribution is 2.44. The van der Waals surface area contributed by atoms with Gasteiger partial charge >= 0.3 is 0 Å². The monoisotopic (exact) mass is 483 g/mol. The minimum atomic E-state index is -0.591. The number of pyridine rings is 2. The number of phenols is 1. The quantitative estimate of drug-likeness (QED) is 0.326. The molecular weight excluding hydrogens is 461 g/mol. The second-order valence-electron chi connectivity index (χ2n) is 7.58. The van der Waals surface area contributed by atoms with E-state index in [4.69, 9.17) is 32.7 Å². The Labute approximate surface area is 202 Å². The van der Waals surface area contributed by atoms with Crippen molar-refractivity contribution in [3.8, 4) is 17.2 Å². The van der Waals surface area contributed by atoms with Crippen molar-refractivity contribution in [1.82, 2.24) is 9.97 Å². The topological polar surface area (TPSA) is 76.5 Å². The number of halogens is 2. The van der Waals surface area contributed by atoms with Gasteiger partial charge in [-0.05, 0) is 31.5 Å². The molecule has 0 aliphatic heterocycles. The van der Waals surface area contributed by atoms with Crippen LogP contribution in [0.2, 0.25) is 10.0 Å². The summed E-state index contributed by atoms with van der Waals surface area (Å²) in [6.07, 6.45) is 1.64. The first kappa shape index (κ1) is 23.0. The maximum Gasteiger partial charge on any atom is 0.166 e. The van der Waals surface area contributed by atoms with E-state index < -0.39 is 6.04 Å². The van der Waals surface area contributed by atoms with Crippen LogP contribution in [0.5, 0.6) is 17.2 Å². The number of hydrogen-bond donors (Lipinski definition) is 2. The summed E-state index contributed by atoms with van der Waals surface area (Å²) < 4.78 is 11.4. The molecule has 6 nitrogen and oxygen atoms in total. The SMILES string of the molecule is COc1c(C)ccc(C(Nc2nc(C)c(Cl)cc2Cl)c2ccc3cccnc3c2O)c1OC. The number of nitrogens with one attached hydrogen (secondary N) is 1. The average molecular weight is 484 g/mol. The Kier molecular flexibility index (Phi) is 6.49. The summed E-state index contributed by atoms with van der Waals surface area (Å²) in [5.41, 5.74) is 3.35. The first-order valence-corrected chi connectivity index (χ1v) is 11.0. The molecule has 0 aliphatic rings. The molecule has 1 atom stereocenters. The van der Waals surface area contributed by atoms with Crippen LogP contribution in [0.4, 0.5) is 5.82 Å². The number of phenolic OH excluding ortho intramolecular Hbond substituents is 1. The van der Waals surface area contributed by atoms with Crippen molar-refractivity contribution in [3.05, 3.63) is 81.1 Å². The molecular formula is C25H23Cl2N3O3. The number of hydrogen-bond acceptors (Lipinski definition) is 6. The van der Waals surface area contributed by atoms with E-state index in [1.54, 1.807) is 33.4 Å². The molecule has 170 valence electrons. The average Bonchev–Trinajstić information content (AvgIpc) is 2.81.